The molecule has 1 amide bonds. The molecule has 2 heterocycles. The Kier molecular flexibility index (Phi) is 5.83. The van der Waals surface area contributed by atoms with Gasteiger partial charge in [-0.05, 0) is 19.8 Å². The maximum atomic E-state index is 12.3. The number of nitrogens with zero attached hydrogens (tertiary/aromatic N) is 2. The van der Waals surface area contributed by atoms with Gasteiger partial charge in [0.1, 0.15) is 0 Å². The van der Waals surface area contributed by atoms with Crippen LogP contribution in [0, 0.1) is 6.92 Å². The van der Waals surface area contributed by atoms with E-state index in [0.717, 1.165) is 25.3 Å². The molecule has 1 saturated heterocycles. The zero-order chi connectivity index (χ0) is 14.7. The maximum absolute atomic E-state index is 12.3. The number of carbonyl (C=O) groups excluding carboxylic acids is 1. The van der Waals surface area contributed by atoms with Crippen LogP contribution in [0.3, 0.4) is 0 Å². The van der Waals surface area contributed by atoms with Crippen LogP contribution in [0.2, 0.25) is 0 Å². The Hall–Kier alpha value is -1.11. The van der Waals surface area contributed by atoms with Crippen LogP contribution in [0.4, 0.5) is 5.88 Å². The van der Waals surface area contributed by atoms with E-state index in [0.29, 0.717) is 12.4 Å². The molecule has 22 heavy (non-hydrogen) atoms. The number of nitrogens with one attached hydrogen (secondary N) is 2. The number of halogens is 1. The second-order valence-electron chi connectivity index (χ2n) is 6.26. The zero-order valence-electron chi connectivity index (χ0n) is 13.1. The molecule has 6 nitrogen and oxygen atoms in total. The monoisotopic (exact) mass is 328 g/mol. The van der Waals surface area contributed by atoms with Crippen LogP contribution in [-0.4, -0.2) is 47.7 Å². The molecule has 0 unspecified atom stereocenters. The lowest BCUT2D eigenvalue weighted by Crippen LogP contribution is -2.63. The minimum atomic E-state index is -0.0157. The average Bonchev–Trinajstić information content (AvgIpc) is 2.88. The first-order valence-corrected chi connectivity index (χ1v) is 7.87. The third-order valence-electron chi connectivity index (χ3n) is 4.69. The van der Waals surface area contributed by atoms with E-state index in [4.69, 9.17) is 4.52 Å². The van der Waals surface area contributed by atoms with E-state index >= 15 is 0 Å². The van der Waals surface area contributed by atoms with Gasteiger partial charge in [-0.3, -0.25) is 15.0 Å². The fourth-order valence-corrected chi connectivity index (χ4v) is 3.61. The summed E-state index contributed by atoms with van der Waals surface area (Å²) in [5.74, 6) is 0.420. The van der Waals surface area contributed by atoms with Gasteiger partial charge in [0, 0.05) is 31.2 Å². The molecule has 0 aromatic carbocycles. The van der Waals surface area contributed by atoms with Gasteiger partial charge < -0.3 is 9.84 Å². The molecular weight excluding hydrogens is 304 g/mol. The first-order valence-electron chi connectivity index (χ1n) is 7.87. The first kappa shape index (κ1) is 17.2. The van der Waals surface area contributed by atoms with Crippen molar-refractivity contribution in [2.45, 2.75) is 44.6 Å². The lowest BCUT2D eigenvalue weighted by Gasteiger charge is -2.49. The minimum Gasteiger partial charge on any atom is -0.338 e. The summed E-state index contributed by atoms with van der Waals surface area (Å²) < 4.78 is 5.05. The van der Waals surface area contributed by atoms with Crippen molar-refractivity contribution in [1.82, 2.24) is 15.4 Å². The lowest BCUT2D eigenvalue weighted by atomic mass is 9.79. The van der Waals surface area contributed by atoms with Crippen LogP contribution in [0.25, 0.3) is 0 Å². The molecule has 2 aliphatic rings. The largest absolute Gasteiger partial charge is 0.338 e. The van der Waals surface area contributed by atoms with Crippen molar-refractivity contribution >= 4 is 24.2 Å². The number of hydrogen-bond donors (Lipinski definition) is 2. The first-order chi connectivity index (χ1) is 10.2. The van der Waals surface area contributed by atoms with Crippen LogP contribution in [0.15, 0.2) is 10.6 Å². The standard InChI is InChI=1S/C15H24N4O2.ClH/c1-12-9-14(21-18-12)17-13(20)10-19-8-7-16-11-15(19)5-3-2-4-6-15;/h9,16H,2-8,10-11H2,1H3,(H,17,20);1H. The summed E-state index contributed by atoms with van der Waals surface area (Å²) in [7, 11) is 0. The lowest BCUT2D eigenvalue weighted by molar-refractivity contribution is -0.120. The van der Waals surface area contributed by atoms with Crippen LogP contribution in [0.5, 0.6) is 0 Å². The fourth-order valence-electron chi connectivity index (χ4n) is 3.61. The molecule has 3 rings (SSSR count). The van der Waals surface area contributed by atoms with Crippen molar-refractivity contribution in [1.29, 1.82) is 0 Å². The topological polar surface area (TPSA) is 70.4 Å². The molecule has 2 N–H and O–H groups in total. The summed E-state index contributed by atoms with van der Waals surface area (Å²) >= 11 is 0. The highest BCUT2D eigenvalue weighted by molar-refractivity contribution is 5.91. The molecule has 0 radical (unpaired) electrons. The van der Waals surface area contributed by atoms with Gasteiger partial charge in [0.2, 0.25) is 11.8 Å². The van der Waals surface area contributed by atoms with E-state index < -0.39 is 0 Å². The predicted molar refractivity (Wildman–Crippen MR) is 87.4 cm³/mol. The highest BCUT2D eigenvalue weighted by atomic mass is 35.5. The molecule has 2 fully saturated rings. The van der Waals surface area contributed by atoms with Crippen LogP contribution in [0.1, 0.15) is 37.8 Å². The maximum Gasteiger partial charge on any atom is 0.240 e. The molecule has 1 aromatic heterocycles. The van der Waals surface area contributed by atoms with Crippen molar-refractivity contribution in [3.05, 3.63) is 11.8 Å². The van der Waals surface area contributed by atoms with E-state index in [2.05, 4.69) is 20.7 Å². The van der Waals surface area contributed by atoms with Gasteiger partial charge in [-0.15, -0.1) is 12.4 Å². The Morgan fingerprint density at radius 1 is 1.45 bits per heavy atom. The molecule has 1 aromatic rings. The van der Waals surface area contributed by atoms with E-state index in [1.54, 1.807) is 6.07 Å². The molecule has 0 atom stereocenters. The summed E-state index contributed by atoms with van der Waals surface area (Å²) in [6.07, 6.45) is 6.23. The Morgan fingerprint density at radius 3 is 2.91 bits per heavy atom. The molecule has 0 bridgehead atoms. The van der Waals surface area contributed by atoms with Crippen LogP contribution >= 0.6 is 12.4 Å². The summed E-state index contributed by atoms with van der Waals surface area (Å²) in [5, 5.41) is 10.1. The van der Waals surface area contributed by atoms with Gasteiger partial charge in [-0.1, -0.05) is 24.4 Å². The predicted octanol–water partition coefficient (Wildman–Crippen LogP) is 1.95. The van der Waals surface area contributed by atoms with Crippen molar-refractivity contribution < 1.29 is 9.32 Å². The second-order valence-corrected chi connectivity index (χ2v) is 6.26. The zero-order valence-corrected chi connectivity index (χ0v) is 13.9. The van der Waals surface area contributed by atoms with Crippen LogP contribution < -0.4 is 10.6 Å². The van der Waals surface area contributed by atoms with E-state index in [-0.39, 0.29) is 23.9 Å². The Labute approximate surface area is 137 Å². The van der Waals surface area contributed by atoms with Crippen molar-refractivity contribution in [2.24, 2.45) is 0 Å². The summed E-state index contributed by atoms with van der Waals surface area (Å²) in [6, 6.07) is 1.74. The molecule has 1 aliphatic heterocycles. The van der Waals surface area contributed by atoms with Crippen molar-refractivity contribution in [2.75, 3.05) is 31.5 Å². The van der Waals surface area contributed by atoms with Crippen LogP contribution in [-0.2, 0) is 4.79 Å². The van der Waals surface area contributed by atoms with E-state index in [1.807, 2.05) is 6.92 Å². The molecule has 1 spiro atoms. The third kappa shape index (κ3) is 3.80. The number of rotatable bonds is 3. The highest BCUT2D eigenvalue weighted by Crippen LogP contribution is 2.34. The fraction of sp³-hybridized carbons (Fsp3) is 0.733. The Morgan fingerprint density at radius 2 is 2.23 bits per heavy atom. The Balaban J connectivity index is 0.00000176. The average molecular weight is 329 g/mol. The van der Waals surface area contributed by atoms with Gasteiger partial charge in [0.05, 0.1) is 12.2 Å². The number of hydrogen-bond acceptors (Lipinski definition) is 5. The SMILES string of the molecule is Cc1cc(NC(=O)CN2CCNCC23CCCCC3)on1.Cl. The molecule has 7 heteroatoms. The third-order valence-corrected chi connectivity index (χ3v) is 4.69. The summed E-state index contributed by atoms with van der Waals surface area (Å²) in [6.45, 7) is 5.16. The number of anilines is 1. The number of carbonyl (C=O) groups is 1. The van der Waals surface area contributed by atoms with Crippen molar-refractivity contribution in [3.63, 3.8) is 0 Å². The second kappa shape index (κ2) is 7.44. The molecular formula is C15H25ClN4O2. The minimum absolute atomic E-state index is 0. The summed E-state index contributed by atoms with van der Waals surface area (Å²) in [5.41, 5.74) is 0.946. The quantitative estimate of drug-likeness (QED) is 0.887. The smallest absolute Gasteiger partial charge is 0.240 e. The van der Waals surface area contributed by atoms with Crippen molar-refractivity contribution in [3.8, 4) is 0 Å². The van der Waals surface area contributed by atoms with Gasteiger partial charge in [-0.25, -0.2) is 0 Å². The number of amides is 1. The molecule has 124 valence electrons. The van der Waals surface area contributed by atoms with E-state index in [9.17, 15) is 4.79 Å². The number of aryl methyl sites for hydroxylation is 1. The number of aromatic nitrogens is 1. The summed E-state index contributed by atoms with van der Waals surface area (Å²) in [4.78, 5) is 14.6. The molecule has 1 aliphatic carbocycles. The van der Waals surface area contributed by atoms with Gasteiger partial charge in [-0.2, -0.15) is 0 Å². The van der Waals surface area contributed by atoms with Gasteiger partial charge >= 0.3 is 0 Å². The van der Waals surface area contributed by atoms with Gasteiger partial charge in [0.15, 0.2) is 0 Å². The Bertz CT molecular complexity index is 491. The van der Waals surface area contributed by atoms with E-state index in [1.165, 1.54) is 32.1 Å². The normalized spacial score (nSPS) is 21.3. The molecule has 1 saturated carbocycles. The van der Waals surface area contributed by atoms with Gasteiger partial charge in [0.25, 0.3) is 0 Å². The number of piperazine rings is 1. The highest BCUT2D eigenvalue weighted by Gasteiger charge is 2.40.